The van der Waals surface area contributed by atoms with E-state index in [9.17, 15) is 0 Å². The van der Waals surface area contributed by atoms with Crippen molar-refractivity contribution in [1.82, 2.24) is 10.6 Å². The molecule has 0 saturated carbocycles. The summed E-state index contributed by atoms with van der Waals surface area (Å²) in [6, 6.07) is 1.30. The van der Waals surface area contributed by atoms with Crippen molar-refractivity contribution in [2.75, 3.05) is 13.1 Å². The lowest BCUT2D eigenvalue weighted by molar-refractivity contribution is 0.370. The summed E-state index contributed by atoms with van der Waals surface area (Å²) in [5.74, 6) is 0. The van der Waals surface area contributed by atoms with Crippen molar-refractivity contribution < 1.29 is 0 Å². The molecule has 0 spiro atoms. The van der Waals surface area contributed by atoms with E-state index in [1.54, 1.807) is 0 Å². The van der Waals surface area contributed by atoms with Crippen LogP contribution in [0.25, 0.3) is 0 Å². The maximum atomic E-state index is 3.42. The second kappa shape index (κ2) is 6.23. The molecule has 0 radical (unpaired) electrons. The van der Waals surface area contributed by atoms with Crippen LogP contribution in [0, 0.1) is 0 Å². The van der Waals surface area contributed by atoms with Gasteiger partial charge in [-0.25, -0.2) is 0 Å². The normalized spacial score (nSPS) is 31.8. The van der Waals surface area contributed by atoms with Gasteiger partial charge in [0, 0.05) is 25.2 Å². The minimum Gasteiger partial charge on any atom is -0.314 e. The van der Waals surface area contributed by atoms with Crippen LogP contribution in [-0.2, 0) is 0 Å². The molecule has 0 amide bonds. The van der Waals surface area contributed by atoms with Crippen LogP contribution in [0.1, 0.15) is 13.8 Å². The first-order valence-corrected chi connectivity index (χ1v) is 3.26. The highest BCUT2D eigenvalue weighted by Crippen LogP contribution is 1.90. The smallest absolute Gasteiger partial charge is 0.0167 e. The zero-order valence-corrected chi connectivity index (χ0v) is 8.02. The van der Waals surface area contributed by atoms with E-state index in [2.05, 4.69) is 24.5 Å². The maximum absolute atomic E-state index is 3.42. The fraction of sp³-hybridized carbons (Fsp3) is 1.00. The van der Waals surface area contributed by atoms with Gasteiger partial charge in [0.15, 0.2) is 0 Å². The van der Waals surface area contributed by atoms with Crippen LogP contribution in [0.15, 0.2) is 0 Å². The standard InChI is InChI=1S/C6H14N2.2ClH/c1-5-3-7-4-6(2)8-5;;/h5-8H,3-4H2,1-2H3;2*1H/t5-,6-;;/m0../s1. The Bertz CT molecular complexity index is 72.1. The molecule has 2 nitrogen and oxygen atoms in total. The van der Waals surface area contributed by atoms with Gasteiger partial charge in [-0.2, -0.15) is 0 Å². The molecule has 0 aromatic carbocycles. The molecular formula is C6H16Cl2N2. The van der Waals surface area contributed by atoms with E-state index in [1.807, 2.05) is 0 Å². The van der Waals surface area contributed by atoms with Gasteiger partial charge < -0.3 is 10.6 Å². The van der Waals surface area contributed by atoms with E-state index in [1.165, 1.54) is 0 Å². The molecule has 10 heavy (non-hydrogen) atoms. The largest absolute Gasteiger partial charge is 0.314 e. The van der Waals surface area contributed by atoms with Gasteiger partial charge in [-0.05, 0) is 13.8 Å². The van der Waals surface area contributed by atoms with Gasteiger partial charge in [0.2, 0.25) is 0 Å². The van der Waals surface area contributed by atoms with E-state index in [0.717, 1.165) is 13.1 Å². The molecule has 1 aliphatic heterocycles. The lowest BCUT2D eigenvalue weighted by Gasteiger charge is -2.26. The Balaban J connectivity index is 0. The van der Waals surface area contributed by atoms with E-state index in [0.29, 0.717) is 12.1 Å². The second-order valence-corrected chi connectivity index (χ2v) is 2.63. The van der Waals surface area contributed by atoms with E-state index in [4.69, 9.17) is 0 Å². The minimum atomic E-state index is 0. The highest BCUT2D eigenvalue weighted by atomic mass is 35.5. The third-order valence-electron chi connectivity index (χ3n) is 1.47. The fourth-order valence-corrected chi connectivity index (χ4v) is 1.12. The van der Waals surface area contributed by atoms with Crippen LogP contribution in [0.5, 0.6) is 0 Å². The van der Waals surface area contributed by atoms with Crippen LogP contribution in [0.2, 0.25) is 0 Å². The van der Waals surface area contributed by atoms with Crippen LogP contribution in [0.4, 0.5) is 0 Å². The average molecular weight is 187 g/mol. The second-order valence-electron chi connectivity index (χ2n) is 2.63. The molecule has 0 aliphatic carbocycles. The van der Waals surface area contributed by atoms with Crippen molar-refractivity contribution in [1.29, 1.82) is 0 Å². The summed E-state index contributed by atoms with van der Waals surface area (Å²) in [5, 5.41) is 6.74. The number of nitrogens with one attached hydrogen (secondary N) is 2. The third-order valence-corrected chi connectivity index (χ3v) is 1.47. The molecule has 1 aliphatic rings. The Kier molecular flexibility index (Phi) is 8.17. The Morgan fingerprint density at radius 1 is 1.00 bits per heavy atom. The van der Waals surface area contributed by atoms with Gasteiger partial charge >= 0.3 is 0 Å². The Hall–Kier alpha value is 0.500. The molecule has 64 valence electrons. The van der Waals surface area contributed by atoms with Crippen molar-refractivity contribution in [3.8, 4) is 0 Å². The monoisotopic (exact) mass is 186 g/mol. The molecule has 0 aromatic rings. The highest BCUT2D eigenvalue weighted by Gasteiger charge is 2.11. The van der Waals surface area contributed by atoms with Crippen LogP contribution in [0.3, 0.4) is 0 Å². The van der Waals surface area contributed by atoms with Gasteiger partial charge in [0.25, 0.3) is 0 Å². The Morgan fingerprint density at radius 3 is 1.60 bits per heavy atom. The molecule has 2 atom stereocenters. The van der Waals surface area contributed by atoms with Gasteiger partial charge in [0.05, 0.1) is 0 Å². The Morgan fingerprint density at radius 2 is 1.40 bits per heavy atom. The highest BCUT2D eigenvalue weighted by molar-refractivity contribution is 5.85. The number of hydrogen-bond acceptors (Lipinski definition) is 2. The molecule has 4 heteroatoms. The molecule has 1 fully saturated rings. The summed E-state index contributed by atoms with van der Waals surface area (Å²) in [6.45, 7) is 6.62. The average Bonchev–Trinajstić information content (AvgIpc) is 1.64. The van der Waals surface area contributed by atoms with Crippen LogP contribution in [-0.4, -0.2) is 25.2 Å². The quantitative estimate of drug-likeness (QED) is 0.586. The zero-order valence-electron chi connectivity index (χ0n) is 6.39. The molecule has 2 N–H and O–H groups in total. The van der Waals surface area contributed by atoms with Crippen LogP contribution < -0.4 is 10.6 Å². The first kappa shape index (κ1) is 13.1. The Labute approximate surface area is 75.0 Å². The van der Waals surface area contributed by atoms with Gasteiger partial charge in [0.1, 0.15) is 0 Å². The number of hydrogen-bond donors (Lipinski definition) is 2. The lowest BCUT2D eigenvalue weighted by atomic mass is 10.2. The topological polar surface area (TPSA) is 24.1 Å². The first-order chi connectivity index (χ1) is 3.79. The number of rotatable bonds is 0. The lowest BCUT2D eigenvalue weighted by Crippen LogP contribution is -2.52. The summed E-state index contributed by atoms with van der Waals surface area (Å²) in [5.41, 5.74) is 0. The molecule has 0 aromatic heterocycles. The third kappa shape index (κ3) is 4.34. The fourth-order valence-electron chi connectivity index (χ4n) is 1.12. The minimum absolute atomic E-state index is 0. The number of piperazine rings is 1. The zero-order chi connectivity index (χ0) is 5.98. The summed E-state index contributed by atoms with van der Waals surface area (Å²) < 4.78 is 0. The SMILES string of the molecule is C[C@H]1CNC[C@H](C)N1.Cl.Cl. The van der Waals surface area contributed by atoms with E-state index in [-0.39, 0.29) is 24.8 Å². The predicted octanol–water partition coefficient (Wildman–Crippen LogP) is 0.800. The predicted molar refractivity (Wildman–Crippen MR) is 49.4 cm³/mol. The maximum Gasteiger partial charge on any atom is 0.0167 e. The molecule has 1 heterocycles. The van der Waals surface area contributed by atoms with Crippen molar-refractivity contribution in [2.45, 2.75) is 25.9 Å². The van der Waals surface area contributed by atoms with Gasteiger partial charge in [-0.1, -0.05) is 0 Å². The summed E-state index contributed by atoms with van der Waals surface area (Å²) in [6.07, 6.45) is 0. The summed E-state index contributed by atoms with van der Waals surface area (Å²) in [4.78, 5) is 0. The van der Waals surface area contributed by atoms with Crippen molar-refractivity contribution in [3.63, 3.8) is 0 Å². The molecule has 0 bridgehead atoms. The van der Waals surface area contributed by atoms with Crippen molar-refractivity contribution >= 4 is 24.8 Å². The molecular weight excluding hydrogens is 171 g/mol. The molecule has 0 unspecified atom stereocenters. The van der Waals surface area contributed by atoms with E-state index < -0.39 is 0 Å². The van der Waals surface area contributed by atoms with Crippen molar-refractivity contribution in [2.24, 2.45) is 0 Å². The van der Waals surface area contributed by atoms with Crippen molar-refractivity contribution in [3.05, 3.63) is 0 Å². The molecule has 1 saturated heterocycles. The summed E-state index contributed by atoms with van der Waals surface area (Å²) in [7, 11) is 0. The van der Waals surface area contributed by atoms with Gasteiger partial charge in [-0.15, -0.1) is 24.8 Å². The number of halogens is 2. The van der Waals surface area contributed by atoms with E-state index >= 15 is 0 Å². The van der Waals surface area contributed by atoms with Crippen LogP contribution >= 0.6 is 24.8 Å². The van der Waals surface area contributed by atoms with Gasteiger partial charge in [-0.3, -0.25) is 0 Å². The molecule has 1 rings (SSSR count). The first-order valence-electron chi connectivity index (χ1n) is 3.26. The summed E-state index contributed by atoms with van der Waals surface area (Å²) >= 11 is 0.